The van der Waals surface area contributed by atoms with Crippen molar-refractivity contribution in [3.05, 3.63) is 35.4 Å². The molecule has 0 N–H and O–H groups in total. The molecule has 0 amide bonds. The quantitative estimate of drug-likeness (QED) is 0.643. The fraction of sp³-hybridized carbons (Fsp3) is 0. The molecular weight excluding hydrogens is 256 g/mol. The molecule has 2 nitrogen and oxygen atoms in total. The van der Waals surface area contributed by atoms with Crippen LogP contribution in [-0.4, -0.2) is 28.6 Å². The van der Waals surface area contributed by atoms with Crippen LogP contribution in [0, 0.1) is 0 Å². The summed E-state index contributed by atoms with van der Waals surface area (Å²) in [5.74, 6) is 0. The third kappa shape index (κ3) is 1.01. The first kappa shape index (κ1) is 7.02. The second-order valence-electron chi connectivity index (χ2n) is 2.22. The van der Waals surface area contributed by atoms with Crippen LogP contribution < -0.4 is 0 Å². The number of hydrogen-bond acceptors (Lipinski definition) is 2. The van der Waals surface area contributed by atoms with Gasteiger partial charge in [0.15, 0.2) is 0 Å². The van der Waals surface area contributed by atoms with Crippen LogP contribution in [0.3, 0.4) is 0 Å². The van der Waals surface area contributed by atoms with Gasteiger partial charge in [-0.3, -0.25) is 0 Å². The topological polar surface area (TPSA) is 34.1 Å². The van der Waals surface area contributed by atoms with E-state index < -0.39 is 20.9 Å². The van der Waals surface area contributed by atoms with Gasteiger partial charge in [-0.25, -0.2) is 0 Å². The first-order valence-electron chi connectivity index (χ1n) is 3.14. The van der Waals surface area contributed by atoms with Gasteiger partial charge in [0.05, 0.1) is 0 Å². The maximum atomic E-state index is 11.1. The van der Waals surface area contributed by atoms with Gasteiger partial charge in [-0.05, 0) is 0 Å². The summed E-state index contributed by atoms with van der Waals surface area (Å²) in [5.41, 5.74) is 1.28. The van der Waals surface area contributed by atoms with Gasteiger partial charge in [0, 0.05) is 0 Å². The molecule has 0 spiro atoms. The van der Waals surface area contributed by atoms with E-state index in [1.54, 1.807) is 24.3 Å². The molecule has 1 aliphatic heterocycles. The van der Waals surface area contributed by atoms with Gasteiger partial charge in [-0.2, -0.15) is 0 Å². The van der Waals surface area contributed by atoms with Gasteiger partial charge in [0.1, 0.15) is 0 Å². The number of carbonyl (C=O) groups is 2. The van der Waals surface area contributed by atoms with E-state index in [9.17, 15) is 9.59 Å². The Morgan fingerprint density at radius 1 is 0.909 bits per heavy atom. The van der Waals surface area contributed by atoms with Crippen molar-refractivity contribution in [2.75, 3.05) is 0 Å². The van der Waals surface area contributed by atoms with Crippen molar-refractivity contribution in [3.8, 4) is 0 Å². The fourth-order valence-electron chi connectivity index (χ4n) is 1.03. The van der Waals surface area contributed by atoms with Crippen molar-refractivity contribution in [1.82, 2.24) is 0 Å². The first-order chi connectivity index (χ1) is 5.29. The van der Waals surface area contributed by atoms with Crippen LogP contribution in [0.1, 0.15) is 20.7 Å². The van der Waals surface area contributed by atoms with Crippen molar-refractivity contribution < 1.29 is 9.59 Å². The van der Waals surface area contributed by atoms with E-state index in [-0.39, 0.29) is 7.66 Å². The van der Waals surface area contributed by atoms with Crippen molar-refractivity contribution >= 4 is 28.6 Å². The molecule has 0 bridgehead atoms. The minimum absolute atomic E-state index is 0.0796. The van der Waals surface area contributed by atoms with Crippen LogP contribution in [0.2, 0.25) is 0 Å². The molecule has 0 atom stereocenters. The summed E-state index contributed by atoms with van der Waals surface area (Å²) in [6, 6.07) is 7.05. The average Bonchev–Trinajstić information content (AvgIpc) is 2.30. The Hall–Kier alpha value is -0.650. The molecule has 1 aromatic carbocycles. The summed E-state index contributed by atoms with van der Waals surface area (Å²) in [6.45, 7) is 0. The normalized spacial score (nSPS) is 15.3. The predicted octanol–water partition coefficient (Wildman–Crippen LogP) is 0.685. The van der Waals surface area contributed by atoms with Crippen LogP contribution in [0.5, 0.6) is 0 Å². The summed E-state index contributed by atoms with van der Waals surface area (Å²) in [7, 11) is 0. The number of rotatable bonds is 0. The number of benzene rings is 1. The van der Waals surface area contributed by atoms with Gasteiger partial charge < -0.3 is 0 Å². The van der Waals surface area contributed by atoms with Gasteiger partial charge >= 0.3 is 73.6 Å². The zero-order chi connectivity index (χ0) is 7.84. The standard InChI is InChI=1S/C8H4O2Te/c9-7-5-3-1-2-4-6(5)8(10)11-7/h1-4H. The summed E-state index contributed by atoms with van der Waals surface area (Å²) in [4.78, 5) is 22.2. The molecule has 0 saturated heterocycles. The van der Waals surface area contributed by atoms with Crippen molar-refractivity contribution in [3.63, 3.8) is 0 Å². The van der Waals surface area contributed by atoms with Crippen LogP contribution >= 0.6 is 0 Å². The molecule has 11 heavy (non-hydrogen) atoms. The molecule has 0 saturated carbocycles. The summed E-state index contributed by atoms with van der Waals surface area (Å²) >= 11 is -1.06. The van der Waals surface area contributed by atoms with E-state index >= 15 is 0 Å². The Morgan fingerprint density at radius 3 is 1.82 bits per heavy atom. The van der Waals surface area contributed by atoms with Crippen LogP contribution in [0.15, 0.2) is 24.3 Å². The molecule has 0 aliphatic carbocycles. The molecule has 0 unspecified atom stereocenters. The number of fused-ring (bicyclic) bond motifs is 1. The zero-order valence-electron chi connectivity index (χ0n) is 5.53. The molecule has 2 rings (SSSR count). The molecule has 54 valence electrons. The van der Waals surface area contributed by atoms with Crippen LogP contribution in [0.25, 0.3) is 0 Å². The average molecular weight is 260 g/mol. The van der Waals surface area contributed by atoms with E-state index in [0.717, 1.165) is 0 Å². The van der Waals surface area contributed by atoms with Gasteiger partial charge in [0.2, 0.25) is 0 Å². The molecule has 0 aromatic heterocycles. The maximum absolute atomic E-state index is 11.1. The van der Waals surface area contributed by atoms with Crippen LogP contribution in [0.4, 0.5) is 0 Å². The van der Waals surface area contributed by atoms with Gasteiger partial charge in [0.25, 0.3) is 0 Å². The van der Waals surface area contributed by atoms with Gasteiger partial charge in [-0.1, -0.05) is 0 Å². The molecule has 3 heteroatoms. The minimum atomic E-state index is -1.06. The fourth-order valence-corrected chi connectivity index (χ4v) is 3.16. The Morgan fingerprint density at radius 2 is 1.36 bits per heavy atom. The Kier molecular flexibility index (Phi) is 1.56. The van der Waals surface area contributed by atoms with Crippen molar-refractivity contribution in [2.24, 2.45) is 0 Å². The van der Waals surface area contributed by atoms with Crippen molar-refractivity contribution in [2.45, 2.75) is 0 Å². The Bertz CT molecular complexity index is 311. The SMILES string of the molecule is O=C1[Te]C(=O)c2ccccc21. The molecular formula is C8H4O2Te. The third-order valence-electron chi connectivity index (χ3n) is 1.55. The summed E-state index contributed by atoms with van der Waals surface area (Å²) in [5, 5.41) is 0. The Labute approximate surface area is 73.7 Å². The van der Waals surface area contributed by atoms with E-state index in [2.05, 4.69) is 0 Å². The van der Waals surface area contributed by atoms with Crippen LogP contribution in [-0.2, 0) is 0 Å². The van der Waals surface area contributed by atoms with Gasteiger partial charge in [-0.15, -0.1) is 0 Å². The second-order valence-corrected chi connectivity index (χ2v) is 4.92. The van der Waals surface area contributed by atoms with Crippen molar-refractivity contribution in [1.29, 1.82) is 0 Å². The van der Waals surface area contributed by atoms with E-state index in [0.29, 0.717) is 11.1 Å². The van der Waals surface area contributed by atoms with E-state index in [1.165, 1.54) is 0 Å². The van der Waals surface area contributed by atoms with E-state index in [4.69, 9.17) is 0 Å². The molecule has 1 heterocycles. The summed E-state index contributed by atoms with van der Waals surface area (Å²) in [6.07, 6.45) is 0. The molecule has 1 aliphatic rings. The monoisotopic (exact) mass is 262 g/mol. The number of carbonyl (C=O) groups excluding carboxylic acids is 2. The Balaban J connectivity index is 2.69. The first-order valence-corrected chi connectivity index (χ1v) is 5.47. The molecule has 0 fully saturated rings. The molecule has 0 radical (unpaired) electrons. The number of hydrogen-bond donors (Lipinski definition) is 0. The molecule has 1 aromatic rings. The van der Waals surface area contributed by atoms with E-state index in [1.807, 2.05) is 0 Å². The third-order valence-corrected chi connectivity index (χ3v) is 3.87. The zero-order valence-corrected chi connectivity index (χ0v) is 7.86. The predicted molar refractivity (Wildman–Crippen MR) is 40.9 cm³/mol. The summed E-state index contributed by atoms with van der Waals surface area (Å²) < 4.78 is 0.159. The second kappa shape index (κ2) is 2.44.